The minimum Gasteiger partial charge on any atom is -0.361 e. The van der Waals surface area contributed by atoms with E-state index in [2.05, 4.69) is 26.3 Å². The van der Waals surface area contributed by atoms with Crippen molar-refractivity contribution in [2.45, 2.75) is 86.0 Å². The number of likely N-dealkylation sites (N-methyl/N-ethyl adjacent to an activating group) is 2. The van der Waals surface area contributed by atoms with Gasteiger partial charge in [-0.1, -0.05) is 73.6 Å². The highest BCUT2D eigenvalue weighted by Crippen LogP contribution is 2.18. The molecule has 5 N–H and O–H groups in total. The van der Waals surface area contributed by atoms with Crippen LogP contribution in [0.3, 0.4) is 0 Å². The zero-order valence-electron chi connectivity index (χ0n) is 27.0. The van der Waals surface area contributed by atoms with Crippen LogP contribution in [0.5, 0.6) is 0 Å². The van der Waals surface area contributed by atoms with E-state index in [1.165, 1.54) is 4.90 Å². The highest BCUT2D eigenvalue weighted by Gasteiger charge is 2.38. The van der Waals surface area contributed by atoms with Gasteiger partial charge < -0.3 is 31.2 Å². The van der Waals surface area contributed by atoms with E-state index in [0.717, 1.165) is 16.5 Å². The van der Waals surface area contributed by atoms with Crippen molar-refractivity contribution >= 4 is 34.5 Å². The van der Waals surface area contributed by atoms with Crippen LogP contribution in [-0.4, -0.2) is 78.3 Å². The summed E-state index contributed by atoms with van der Waals surface area (Å²) in [5.41, 5.74) is 2.16. The van der Waals surface area contributed by atoms with Crippen LogP contribution in [0.15, 0.2) is 30.5 Å². The lowest BCUT2D eigenvalue weighted by Gasteiger charge is -2.36. The normalized spacial score (nSPS) is 14.6. The Hall–Kier alpha value is -3.40. The average molecular weight is 585 g/mol. The molecule has 0 saturated heterocycles. The molecular formula is C32H52N6O4. The van der Waals surface area contributed by atoms with Gasteiger partial charge in [0.25, 0.3) is 0 Å². The summed E-state index contributed by atoms with van der Waals surface area (Å²) in [6.45, 7) is 15.5. The molecule has 4 amide bonds. The van der Waals surface area contributed by atoms with Gasteiger partial charge in [0, 0.05) is 30.7 Å². The molecule has 10 nitrogen and oxygen atoms in total. The molecule has 0 aliphatic carbocycles. The van der Waals surface area contributed by atoms with Crippen LogP contribution in [0.1, 0.15) is 61.0 Å². The van der Waals surface area contributed by atoms with Crippen molar-refractivity contribution < 1.29 is 19.2 Å². The fourth-order valence-electron chi connectivity index (χ4n) is 5.35. The number of amides is 4. The number of nitrogens with one attached hydrogen (secondary N) is 5. The number of H-pyrrole nitrogens is 1. The fraction of sp³-hybridized carbons (Fsp3) is 0.625. The molecule has 0 fully saturated rings. The first-order valence-electron chi connectivity index (χ1n) is 15.1. The molecule has 0 bridgehead atoms. The van der Waals surface area contributed by atoms with Gasteiger partial charge in [-0.2, -0.15) is 0 Å². The van der Waals surface area contributed by atoms with E-state index in [-0.39, 0.29) is 41.4 Å². The maximum Gasteiger partial charge on any atom is 0.245 e. The van der Waals surface area contributed by atoms with E-state index >= 15 is 0 Å². The zero-order valence-corrected chi connectivity index (χ0v) is 27.0. The Bertz CT molecular complexity index is 1200. The smallest absolute Gasteiger partial charge is 0.245 e. The summed E-state index contributed by atoms with van der Waals surface area (Å²) in [5.74, 6) is -1.86. The van der Waals surface area contributed by atoms with Gasteiger partial charge >= 0.3 is 0 Å². The van der Waals surface area contributed by atoms with Crippen molar-refractivity contribution in [2.75, 3.05) is 20.6 Å². The summed E-state index contributed by atoms with van der Waals surface area (Å²) < 4.78 is 0. The third-order valence-corrected chi connectivity index (χ3v) is 7.77. The van der Waals surface area contributed by atoms with E-state index in [1.807, 2.05) is 85.9 Å². The number of hydrogen-bond acceptors (Lipinski definition) is 5. The lowest BCUT2D eigenvalue weighted by atomic mass is 9.96. The van der Waals surface area contributed by atoms with Crippen molar-refractivity contribution in [2.24, 2.45) is 23.7 Å². The van der Waals surface area contributed by atoms with Gasteiger partial charge in [0.05, 0.1) is 6.04 Å². The minimum atomic E-state index is -0.832. The van der Waals surface area contributed by atoms with Gasteiger partial charge in [0.2, 0.25) is 23.6 Å². The molecule has 10 heteroatoms. The van der Waals surface area contributed by atoms with Crippen LogP contribution in [0.25, 0.3) is 10.9 Å². The van der Waals surface area contributed by atoms with Gasteiger partial charge in [0.15, 0.2) is 0 Å². The predicted octanol–water partition coefficient (Wildman–Crippen LogP) is 2.84. The second-order valence-corrected chi connectivity index (χ2v) is 12.5. The maximum atomic E-state index is 13.7. The number of para-hydroxylation sites is 1. The van der Waals surface area contributed by atoms with Gasteiger partial charge in [-0.15, -0.1) is 0 Å². The first-order valence-corrected chi connectivity index (χ1v) is 15.1. The first-order chi connectivity index (χ1) is 19.7. The van der Waals surface area contributed by atoms with Crippen molar-refractivity contribution in [1.29, 1.82) is 0 Å². The molecule has 0 aliphatic rings. The summed E-state index contributed by atoms with van der Waals surface area (Å²) in [4.78, 5) is 58.1. The van der Waals surface area contributed by atoms with Crippen LogP contribution >= 0.6 is 0 Å². The van der Waals surface area contributed by atoms with E-state index < -0.39 is 30.1 Å². The molecule has 234 valence electrons. The SMILES string of the molecule is CN[C@H](C(=O)N[C@H](C(=O)N(C)[C@H](C(=O)N[C@H](C(=O)NCCc1c[nH]c2ccccc12)C(C)C)C(C)C)C(C)C)C(C)C. The molecular weight excluding hydrogens is 532 g/mol. The Labute approximate surface area is 251 Å². The fourth-order valence-corrected chi connectivity index (χ4v) is 5.35. The van der Waals surface area contributed by atoms with Crippen molar-refractivity contribution in [3.05, 3.63) is 36.0 Å². The summed E-state index contributed by atoms with van der Waals surface area (Å²) >= 11 is 0. The first kappa shape index (κ1) is 34.8. The zero-order chi connectivity index (χ0) is 31.7. The molecule has 0 spiro atoms. The molecule has 2 aromatic rings. The Kier molecular flexibility index (Phi) is 13.0. The third kappa shape index (κ3) is 8.80. The maximum absolute atomic E-state index is 13.7. The number of nitrogens with zero attached hydrogens (tertiary/aromatic N) is 1. The molecule has 1 aromatic heterocycles. The second-order valence-electron chi connectivity index (χ2n) is 12.5. The lowest BCUT2D eigenvalue weighted by molar-refractivity contribution is -0.145. The van der Waals surface area contributed by atoms with Crippen LogP contribution in [0.4, 0.5) is 0 Å². The molecule has 42 heavy (non-hydrogen) atoms. The lowest BCUT2D eigenvalue weighted by Crippen LogP contribution is -2.61. The van der Waals surface area contributed by atoms with Gasteiger partial charge in [-0.25, -0.2) is 0 Å². The standard InChI is InChI=1S/C32H52N6O4/c1-18(2)25(33-9)30(40)37-27(20(5)6)32(42)38(10)28(21(7)8)31(41)36-26(19(3)4)29(39)34-16-15-22-17-35-24-14-12-11-13-23(22)24/h11-14,17-21,25-28,33,35H,15-16H2,1-10H3,(H,34,39)(H,36,41)(H,37,40)/t25-,26-,27-,28-/m0/s1. The van der Waals surface area contributed by atoms with Gasteiger partial charge in [-0.3, -0.25) is 19.2 Å². The number of benzene rings is 1. The van der Waals surface area contributed by atoms with E-state index in [9.17, 15) is 19.2 Å². The number of aromatic amines is 1. The summed E-state index contributed by atoms with van der Waals surface area (Å²) in [5, 5.41) is 12.9. The topological polar surface area (TPSA) is 135 Å². The summed E-state index contributed by atoms with van der Waals surface area (Å²) in [7, 11) is 3.29. The molecule has 2 rings (SSSR count). The quantitative estimate of drug-likeness (QED) is 0.219. The summed E-state index contributed by atoms with van der Waals surface area (Å²) in [6, 6.07) is 5.15. The monoisotopic (exact) mass is 584 g/mol. The molecule has 0 radical (unpaired) electrons. The average Bonchev–Trinajstić information content (AvgIpc) is 3.32. The van der Waals surface area contributed by atoms with E-state index in [1.54, 1.807) is 14.1 Å². The van der Waals surface area contributed by atoms with Crippen LogP contribution < -0.4 is 21.3 Å². The van der Waals surface area contributed by atoms with Crippen molar-refractivity contribution in [3.8, 4) is 0 Å². The molecule has 0 unspecified atom stereocenters. The number of carbonyl (C=O) groups excluding carboxylic acids is 4. The van der Waals surface area contributed by atoms with E-state index in [0.29, 0.717) is 13.0 Å². The van der Waals surface area contributed by atoms with Crippen LogP contribution in [0, 0.1) is 23.7 Å². The number of rotatable bonds is 15. The van der Waals surface area contributed by atoms with E-state index in [4.69, 9.17) is 0 Å². The number of fused-ring (bicyclic) bond motifs is 1. The largest absolute Gasteiger partial charge is 0.361 e. The van der Waals surface area contributed by atoms with Gasteiger partial charge in [-0.05, 0) is 48.8 Å². The number of aromatic nitrogens is 1. The third-order valence-electron chi connectivity index (χ3n) is 7.77. The number of carbonyl (C=O) groups is 4. The molecule has 1 heterocycles. The Morgan fingerprint density at radius 2 is 1.33 bits per heavy atom. The summed E-state index contributed by atoms with van der Waals surface area (Å²) in [6.07, 6.45) is 2.60. The van der Waals surface area contributed by atoms with Crippen LogP contribution in [0.2, 0.25) is 0 Å². The van der Waals surface area contributed by atoms with Crippen molar-refractivity contribution in [1.82, 2.24) is 31.2 Å². The van der Waals surface area contributed by atoms with Crippen LogP contribution in [-0.2, 0) is 25.6 Å². The minimum absolute atomic E-state index is 0.0336. The highest BCUT2D eigenvalue weighted by molar-refractivity contribution is 5.95. The second kappa shape index (κ2) is 15.7. The number of hydrogen-bond donors (Lipinski definition) is 5. The molecule has 0 saturated carbocycles. The highest BCUT2D eigenvalue weighted by atomic mass is 16.2. The Balaban J connectivity index is 2.11. The predicted molar refractivity (Wildman–Crippen MR) is 168 cm³/mol. The van der Waals surface area contributed by atoms with Crippen molar-refractivity contribution in [3.63, 3.8) is 0 Å². The molecule has 4 atom stereocenters. The molecule has 0 aliphatic heterocycles. The Morgan fingerprint density at radius 3 is 1.88 bits per heavy atom. The van der Waals surface area contributed by atoms with Gasteiger partial charge in [0.1, 0.15) is 18.1 Å². The molecule has 1 aromatic carbocycles. The Morgan fingerprint density at radius 1 is 0.762 bits per heavy atom.